The summed E-state index contributed by atoms with van der Waals surface area (Å²) < 4.78 is 10.3. The van der Waals surface area contributed by atoms with Crippen molar-refractivity contribution in [3.8, 4) is 11.5 Å². The number of aryl methyl sites for hydroxylation is 1. The predicted molar refractivity (Wildman–Crippen MR) is 109 cm³/mol. The molecule has 28 heavy (non-hydrogen) atoms. The van der Waals surface area contributed by atoms with E-state index in [1.165, 1.54) is 25.5 Å². The number of hydrogen-bond donors (Lipinski definition) is 3. The Morgan fingerprint density at radius 1 is 0.929 bits per heavy atom. The minimum atomic E-state index is -0.590. The summed E-state index contributed by atoms with van der Waals surface area (Å²) in [6.45, 7) is 2.17. The summed E-state index contributed by atoms with van der Waals surface area (Å²) in [6.07, 6.45) is 4.51. The third kappa shape index (κ3) is 6.19. The normalized spacial score (nSPS) is 10.1. The monoisotopic (exact) mass is 385 g/mol. The maximum Gasteiger partial charge on any atom is 0.338 e. The Morgan fingerprint density at radius 3 is 2.32 bits per heavy atom. The standard InChI is InChI=1S/C21H27N3O4/c1-4-5-6-7-15-8-10-16(11-9-15)20(25)23-24-21(26)22-18-13-12-17(27-2)14-19(18)28-3/h8-14H,4-7H2,1-3H3,(H,23,25)(H2,22,24,26). The number of nitrogens with one attached hydrogen (secondary N) is 3. The Morgan fingerprint density at radius 2 is 1.68 bits per heavy atom. The molecule has 2 aromatic carbocycles. The van der Waals surface area contributed by atoms with E-state index in [2.05, 4.69) is 23.1 Å². The van der Waals surface area contributed by atoms with Crippen molar-refractivity contribution in [2.45, 2.75) is 32.6 Å². The Balaban J connectivity index is 1.86. The maximum absolute atomic E-state index is 12.2. The molecule has 0 aliphatic heterocycles. The smallest absolute Gasteiger partial charge is 0.338 e. The second-order valence-corrected chi connectivity index (χ2v) is 6.25. The lowest BCUT2D eigenvalue weighted by Crippen LogP contribution is -2.43. The molecule has 2 aromatic rings. The second kappa shape index (κ2) is 10.8. The van der Waals surface area contributed by atoms with Crippen LogP contribution in [0, 0.1) is 0 Å². The molecule has 3 amide bonds. The lowest BCUT2D eigenvalue weighted by molar-refractivity contribution is 0.0938. The van der Waals surface area contributed by atoms with Crippen LogP contribution in [0.5, 0.6) is 11.5 Å². The zero-order valence-corrected chi connectivity index (χ0v) is 16.5. The van der Waals surface area contributed by atoms with E-state index in [1.807, 2.05) is 12.1 Å². The number of amides is 3. The molecular weight excluding hydrogens is 358 g/mol. The van der Waals surface area contributed by atoms with Crippen LogP contribution in [-0.2, 0) is 6.42 Å². The van der Waals surface area contributed by atoms with E-state index in [1.54, 1.807) is 37.4 Å². The number of hydrogen-bond acceptors (Lipinski definition) is 4. The van der Waals surface area contributed by atoms with E-state index in [-0.39, 0.29) is 0 Å². The molecule has 0 atom stereocenters. The molecular formula is C21H27N3O4. The molecule has 0 radical (unpaired) electrons. The molecule has 0 heterocycles. The number of benzene rings is 2. The van der Waals surface area contributed by atoms with Crippen molar-refractivity contribution in [1.82, 2.24) is 10.9 Å². The first-order valence-electron chi connectivity index (χ1n) is 9.25. The van der Waals surface area contributed by atoms with Gasteiger partial charge in [0.2, 0.25) is 0 Å². The summed E-state index contributed by atoms with van der Waals surface area (Å²) >= 11 is 0. The average Bonchev–Trinajstić information content (AvgIpc) is 2.73. The van der Waals surface area contributed by atoms with E-state index < -0.39 is 11.9 Å². The molecule has 0 spiro atoms. The summed E-state index contributed by atoms with van der Waals surface area (Å²) in [6, 6.07) is 11.8. The third-order valence-electron chi connectivity index (χ3n) is 4.23. The molecule has 0 fully saturated rings. The van der Waals surface area contributed by atoms with E-state index in [0.717, 1.165) is 12.8 Å². The number of urea groups is 1. The quantitative estimate of drug-likeness (QED) is 0.475. The van der Waals surface area contributed by atoms with Gasteiger partial charge in [-0.25, -0.2) is 10.2 Å². The van der Waals surface area contributed by atoms with Gasteiger partial charge in [0.05, 0.1) is 19.9 Å². The molecule has 0 bridgehead atoms. The number of ether oxygens (including phenoxy) is 2. The van der Waals surface area contributed by atoms with E-state index >= 15 is 0 Å². The Bertz CT molecular complexity index is 791. The summed E-state index contributed by atoms with van der Waals surface area (Å²) in [5.74, 6) is 0.658. The molecule has 0 aromatic heterocycles. The zero-order chi connectivity index (χ0) is 20.4. The van der Waals surface area contributed by atoms with Gasteiger partial charge >= 0.3 is 6.03 Å². The molecule has 3 N–H and O–H groups in total. The van der Waals surface area contributed by atoms with E-state index in [4.69, 9.17) is 9.47 Å². The fraction of sp³-hybridized carbons (Fsp3) is 0.333. The van der Waals surface area contributed by atoms with E-state index in [0.29, 0.717) is 22.7 Å². The van der Waals surface area contributed by atoms with Crippen molar-refractivity contribution in [3.63, 3.8) is 0 Å². The number of carbonyl (C=O) groups excluding carboxylic acids is 2. The average molecular weight is 385 g/mol. The van der Waals surface area contributed by atoms with Gasteiger partial charge in [-0.05, 0) is 42.7 Å². The van der Waals surface area contributed by atoms with Gasteiger partial charge in [0, 0.05) is 11.6 Å². The highest BCUT2D eigenvalue weighted by Gasteiger charge is 2.11. The van der Waals surface area contributed by atoms with Crippen LogP contribution in [0.1, 0.15) is 42.1 Å². The van der Waals surface area contributed by atoms with Crippen molar-refractivity contribution < 1.29 is 19.1 Å². The number of unbranched alkanes of at least 4 members (excludes halogenated alkanes) is 2. The fourth-order valence-electron chi connectivity index (χ4n) is 2.64. The highest BCUT2D eigenvalue weighted by molar-refractivity contribution is 5.97. The molecule has 0 saturated heterocycles. The molecule has 2 rings (SSSR count). The molecule has 7 heteroatoms. The highest BCUT2D eigenvalue weighted by Crippen LogP contribution is 2.28. The van der Waals surface area contributed by atoms with Crippen molar-refractivity contribution in [3.05, 3.63) is 53.6 Å². The minimum absolute atomic E-state index is 0.392. The third-order valence-corrected chi connectivity index (χ3v) is 4.23. The SMILES string of the molecule is CCCCCc1ccc(C(=O)NNC(=O)Nc2ccc(OC)cc2OC)cc1. The van der Waals surface area contributed by atoms with Crippen molar-refractivity contribution in [2.24, 2.45) is 0 Å². The Hall–Kier alpha value is -3.22. The van der Waals surface area contributed by atoms with Crippen LogP contribution in [0.3, 0.4) is 0 Å². The molecule has 0 unspecified atom stereocenters. The Kier molecular flexibility index (Phi) is 8.14. The minimum Gasteiger partial charge on any atom is -0.497 e. The van der Waals surface area contributed by atoms with Gasteiger partial charge in [-0.2, -0.15) is 0 Å². The van der Waals surface area contributed by atoms with Gasteiger partial charge in [0.1, 0.15) is 11.5 Å². The lowest BCUT2D eigenvalue weighted by atomic mass is 10.1. The van der Waals surface area contributed by atoms with Gasteiger partial charge < -0.3 is 14.8 Å². The predicted octanol–water partition coefficient (Wildman–Crippen LogP) is 3.90. The number of anilines is 1. The molecule has 7 nitrogen and oxygen atoms in total. The summed E-state index contributed by atoms with van der Waals surface area (Å²) in [7, 11) is 3.04. The first-order valence-corrected chi connectivity index (χ1v) is 9.25. The van der Waals surface area contributed by atoms with Gasteiger partial charge in [-0.3, -0.25) is 10.2 Å². The van der Waals surface area contributed by atoms with Crippen LogP contribution in [0.15, 0.2) is 42.5 Å². The molecule has 0 saturated carbocycles. The van der Waals surface area contributed by atoms with Crippen molar-refractivity contribution in [1.29, 1.82) is 0 Å². The van der Waals surface area contributed by atoms with Gasteiger partial charge in [-0.15, -0.1) is 0 Å². The summed E-state index contributed by atoms with van der Waals surface area (Å²) in [5.41, 5.74) is 6.83. The number of rotatable bonds is 8. The Labute approximate surface area is 165 Å². The van der Waals surface area contributed by atoms with Crippen LogP contribution in [0.2, 0.25) is 0 Å². The molecule has 150 valence electrons. The molecule has 0 aliphatic carbocycles. The maximum atomic E-state index is 12.2. The number of carbonyl (C=O) groups is 2. The number of hydrazine groups is 1. The topological polar surface area (TPSA) is 88.7 Å². The first kappa shape index (κ1) is 21.1. The second-order valence-electron chi connectivity index (χ2n) is 6.25. The highest BCUT2D eigenvalue weighted by atomic mass is 16.5. The van der Waals surface area contributed by atoms with Crippen molar-refractivity contribution >= 4 is 17.6 Å². The summed E-state index contributed by atoms with van der Waals surface area (Å²) in [4.78, 5) is 24.2. The van der Waals surface area contributed by atoms with Crippen LogP contribution < -0.4 is 25.6 Å². The largest absolute Gasteiger partial charge is 0.497 e. The van der Waals surface area contributed by atoms with Crippen molar-refractivity contribution in [2.75, 3.05) is 19.5 Å². The van der Waals surface area contributed by atoms with Crippen LogP contribution in [0.4, 0.5) is 10.5 Å². The van der Waals surface area contributed by atoms with Crippen LogP contribution >= 0.6 is 0 Å². The fourth-order valence-corrected chi connectivity index (χ4v) is 2.64. The number of methoxy groups -OCH3 is 2. The molecule has 0 aliphatic rings. The lowest BCUT2D eigenvalue weighted by Gasteiger charge is -2.13. The van der Waals surface area contributed by atoms with Crippen LogP contribution in [-0.4, -0.2) is 26.2 Å². The van der Waals surface area contributed by atoms with Gasteiger partial charge in [-0.1, -0.05) is 31.9 Å². The summed E-state index contributed by atoms with van der Waals surface area (Å²) in [5, 5.41) is 2.61. The van der Waals surface area contributed by atoms with Crippen LogP contribution in [0.25, 0.3) is 0 Å². The van der Waals surface area contributed by atoms with Gasteiger partial charge in [0.15, 0.2) is 0 Å². The zero-order valence-electron chi connectivity index (χ0n) is 16.5. The first-order chi connectivity index (χ1) is 13.6. The van der Waals surface area contributed by atoms with E-state index in [9.17, 15) is 9.59 Å². The van der Waals surface area contributed by atoms with Gasteiger partial charge in [0.25, 0.3) is 5.91 Å².